The van der Waals surface area contributed by atoms with Gasteiger partial charge in [-0.1, -0.05) is 12.8 Å². The van der Waals surface area contributed by atoms with Crippen molar-refractivity contribution in [2.75, 3.05) is 19.8 Å². The lowest BCUT2D eigenvalue weighted by atomic mass is 9.81. The molecule has 0 aromatic rings. The number of esters is 2. The Bertz CT molecular complexity index is 767. The molecule has 1 saturated heterocycles. The molecule has 0 radical (unpaired) electrons. The van der Waals surface area contributed by atoms with E-state index in [1.165, 1.54) is 4.90 Å². The molecule has 0 bridgehead atoms. The summed E-state index contributed by atoms with van der Waals surface area (Å²) in [4.78, 5) is 62.2. The van der Waals surface area contributed by atoms with Gasteiger partial charge in [0.1, 0.15) is 6.61 Å². The Balaban J connectivity index is 1.57. The molecule has 0 aromatic heterocycles. The summed E-state index contributed by atoms with van der Waals surface area (Å²) in [5, 5.41) is 5.02. The maximum atomic E-state index is 12.5. The van der Waals surface area contributed by atoms with Gasteiger partial charge in [-0.05, 0) is 26.7 Å². The van der Waals surface area contributed by atoms with Crippen molar-refractivity contribution >= 4 is 29.8 Å². The fourth-order valence-corrected chi connectivity index (χ4v) is 4.27. The third-order valence-electron chi connectivity index (χ3n) is 5.71. The summed E-state index contributed by atoms with van der Waals surface area (Å²) in [6, 6.07) is -1.12. The van der Waals surface area contributed by atoms with Gasteiger partial charge in [-0.25, -0.2) is 9.59 Å². The monoisotopic (exact) mass is 421 g/mol. The second kappa shape index (κ2) is 9.27. The minimum atomic E-state index is -0.637. The highest BCUT2D eigenvalue weighted by Crippen LogP contribution is 2.37. The van der Waals surface area contributed by atoms with Gasteiger partial charge in [-0.15, -0.1) is 0 Å². The highest BCUT2D eigenvalue weighted by Gasteiger charge is 2.47. The summed E-state index contributed by atoms with van der Waals surface area (Å²) in [5.74, 6) is -2.17. The third-order valence-corrected chi connectivity index (χ3v) is 5.71. The molecule has 30 heavy (non-hydrogen) atoms. The highest BCUT2D eigenvalue weighted by molar-refractivity contribution is 6.05. The van der Waals surface area contributed by atoms with Crippen LogP contribution in [0.2, 0.25) is 0 Å². The zero-order valence-corrected chi connectivity index (χ0v) is 17.2. The molecule has 0 aromatic carbocycles. The molecule has 0 spiro atoms. The number of likely N-dealkylation sites (tertiary alicyclic amines) is 1. The molecule has 10 heteroatoms. The molecule has 3 rings (SSSR count). The molecule has 3 aliphatic rings. The topological polar surface area (TPSA) is 131 Å². The van der Waals surface area contributed by atoms with E-state index in [0.717, 1.165) is 12.8 Å². The van der Waals surface area contributed by atoms with Crippen LogP contribution in [0.5, 0.6) is 0 Å². The van der Waals surface area contributed by atoms with E-state index >= 15 is 0 Å². The molecule has 164 valence electrons. The van der Waals surface area contributed by atoms with Crippen LogP contribution in [0.15, 0.2) is 11.3 Å². The second-order valence-corrected chi connectivity index (χ2v) is 7.67. The number of hydrogen-bond donors (Lipinski definition) is 2. The van der Waals surface area contributed by atoms with Gasteiger partial charge in [0.25, 0.3) is 0 Å². The van der Waals surface area contributed by atoms with Gasteiger partial charge in [0, 0.05) is 6.54 Å². The van der Waals surface area contributed by atoms with Crippen molar-refractivity contribution < 1.29 is 33.4 Å². The van der Waals surface area contributed by atoms with Crippen molar-refractivity contribution in [2.24, 2.45) is 11.8 Å². The van der Waals surface area contributed by atoms with Crippen molar-refractivity contribution in [3.05, 3.63) is 11.3 Å². The van der Waals surface area contributed by atoms with Gasteiger partial charge in [-0.3, -0.25) is 19.3 Å². The zero-order chi connectivity index (χ0) is 21.8. The van der Waals surface area contributed by atoms with Gasteiger partial charge < -0.3 is 20.1 Å². The predicted octanol–water partition coefficient (Wildman–Crippen LogP) is 0.613. The van der Waals surface area contributed by atoms with E-state index in [2.05, 4.69) is 10.6 Å². The lowest BCUT2D eigenvalue weighted by Crippen LogP contribution is -2.50. The number of imide groups is 1. The minimum absolute atomic E-state index is 0.0302. The minimum Gasteiger partial charge on any atom is -0.463 e. The quantitative estimate of drug-likeness (QED) is 0.455. The SMILES string of the molecule is CCOC(=O)C1=C(COC(=O)CCN2C(=O)[C@H]3CCCC[C@H]3C2=O)NC(=O)N[C@@H]1C. The van der Waals surface area contributed by atoms with Crippen molar-refractivity contribution in [1.82, 2.24) is 15.5 Å². The van der Waals surface area contributed by atoms with E-state index in [9.17, 15) is 24.0 Å². The molecule has 2 heterocycles. The number of rotatable bonds is 7. The number of urea groups is 1. The first-order valence-electron chi connectivity index (χ1n) is 10.3. The number of amides is 4. The fourth-order valence-electron chi connectivity index (χ4n) is 4.27. The summed E-state index contributed by atoms with van der Waals surface area (Å²) in [6.07, 6.45) is 3.15. The van der Waals surface area contributed by atoms with Crippen LogP contribution >= 0.6 is 0 Å². The van der Waals surface area contributed by atoms with Crippen LogP contribution in [0.3, 0.4) is 0 Å². The fraction of sp³-hybridized carbons (Fsp3) is 0.650. The Morgan fingerprint density at radius 2 is 1.70 bits per heavy atom. The standard InChI is InChI=1S/C20H27N3O7/c1-3-29-19(27)16-11(2)21-20(28)22-14(16)10-30-15(24)8-9-23-17(25)12-6-4-5-7-13(12)18(23)26/h11-13H,3-10H2,1-2H3,(H2,21,22,28)/t11-,12-,13+/m1/s1. The molecule has 1 aliphatic carbocycles. The maximum Gasteiger partial charge on any atom is 0.338 e. The number of carbonyl (C=O) groups is 5. The summed E-state index contributed by atoms with van der Waals surface area (Å²) >= 11 is 0. The second-order valence-electron chi connectivity index (χ2n) is 7.67. The van der Waals surface area contributed by atoms with Crippen LogP contribution < -0.4 is 10.6 Å². The van der Waals surface area contributed by atoms with Crippen molar-refractivity contribution in [3.8, 4) is 0 Å². The summed E-state index contributed by atoms with van der Waals surface area (Å²) in [7, 11) is 0. The van der Waals surface area contributed by atoms with Crippen LogP contribution in [0.4, 0.5) is 4.79 Å². The lowest BCUT2D eigenvalue weighted by Gasteiger charge is -2.26. The molecule has 1 saturated carbocycles. The summed E-state index contributed by atoms with van der Waals surface area (Å²) in [6.45, 7) is 3.09. The molecule has 4 amide bonds. The van der Waals surface area contributed by atoms with E-state index in [0.29, 0.717) is 12.8 Å². The summed E-state index contributed by atoms with van der Waals surface area (Å²) < 4.78 is 10.2. The van der Waals surface area contributed by atoms with Crippen LogP contribution in [0.25, 0.3) is 0 Å². The number of nitrogens with one attached hydrogen (secondary N) is 2. The number of nitrogens with zero attached hydrogens (tertiary/aromatic N) is 1. The van der Waals surface area contributed by atoms with Crippen molar-refractivity contribution in [2.45, 2.75) is 52.0 Å². The van der Waals surface area contributed by atoms with Gasteiger partial charge in [0.15, 0.2) is 0 Å². The molecule has 0 unspecified atom stereocenters. The molecule has 2 aliphatic heterocycles. The number of carbonyl (C=O) groups excluding carboxylic acids is 5. The Morgan fingerprint density at radius 3 is 2.30 bits per heavy atom. The Morgan fingerprint density at radius 1 is 1.07 bits per heavy atom. The lowest BCUT2D eigenvalue weighted by molar-refractivity contribution is -0.146. The van der Waals surface area contributed by atoms with Crippen LogP contribution in [0.1, 0.15) is 46.0 Å². The average Bonchev–Trinajstić information content (AvgIpc) is 2.95. The van der Waals surface area contributed by atoms with Crippen LogP contribution in [-0.2, 0) is 28.7 Å². The Kier molecular flexibility index (Phi) is 6.73. The van der Waals surface area contributed by atoms with Crippen LogP contribution in [-0.4, -0.2) is 60.5 Å². The Labute approximate surface area is 174 Å². The first-order chi connectivity index (χ1) is 14.3. The van der Waals surface area contributed by atoms with Crippen molar-refractivity contribution in [3.63, 3.8) is 0 Å². The normalized spacial score (nSPS) is 26.1. The molecular weight excluding hydrogens is 394 g/mol. The summed E-state index contributed by atoms with van der Waals surface area (Å²) in [5.41, 5.74) is 0.329. The average molecular weight is 421 g/mol. The van der Waals surface area contributed by atoms with Gasteiger partial charge >= 0.3 is 18.0 Å². The van der Waals surface area contributed by atoms with E-state index in [4.69, 9.17) is 9.47 Å². The zero-order valence-electron chi connectivity index (χ0n) is 17.2. The first kappa shape index (κ1) is 21.8. The molecule has 10 nitrogen and oxygen atoms in total. The maximum absolute atomic E-state index is 12.5. The number of fused-ring (bicyclic) bond motifs is 1. The van der Waals surface area contributed by atoms with Gasteiger partial charge in [0.05, 0.1) is 42.2 Å². The smallest absolute Gasteiger partial charge is 0.338 e. The third kappa shape index (κ3) is 4.47. The first-order valence-corrected chi connectivity index (χ1v) is 10.3. The van der Waals surface area contributed by atoms with E-state index in [-0.39, 0.29) is 61.1 Å². The van der Waals surface area contributed by atoms with E-state index in [1.807, 2.05) is 0 Å². The van der Waals surface area contributed by atoms with Gasteiger partial charge in [0.2, 0.25) is 11.8 Å². The molecule has 2 N–H and O–H groups in total. The highest BCUT2D eigenvalue weighted by atomic mass is 16.5. The van der Waals surface area contributed by atoms with Gasteiger partial charge in [-0.2, -0.15) is 0 Å². The Hall–Kier alpha value is -2.91. The van der Waals surface area contributed by atoms with E-state index < -0.39 is 24.0 Å². The number of hydrogen-bond acceptors (Lipinski definition) is 7. The largest absolute Gasteiger partial charge is 0.463 e. The predicted molar refractivity (Wildman–Crippen MR) is 103 cm³/mol. The molecule has 2 fully saturated rings. The number of ether oxygens (including phenoxy) is 2. The van der Waals surface area contributed by atoms with E-state index in [1.54, 1.807) is 13.8 Å². The molecular formula is C20H27N3O7. The van der Waals surface area contributed by atoms with Crippen LogP contribution in [0, 0.1) is 11.8 Å². The molecule has 3 atom stereocenters. The van der Waals surface area contributed by atoms with Crippen molar-refractivity contribution in [1.29, 1.82) is 0 Å².